The van der Waals surface area contributed by atoms with Crippen LogP contribution in [0.15, 0.2) is 48.8 Å². The normalized spacial score (nSPS) is 9.69. The maximum Gasteiger partial charge on any atom is 0.300 e. The molecule has 0 fully saturated rings. The summed E-state index contributed by atoms with van der Waals surface area (Å²) in [6, 6.07) is 9.43. The summed E-state index contributed by atoms with van der Waals surface area (Å²) in [7, 11) is 0. The second-order valence-corrected chi connectivity index (χ2v) is 2.86. The average molecular weight is 217 g/mol. The number of rotatable bonds is 1. The molecule has 0 aromatic carbocycles. The van der Waals surface area contributed by atoms with E-state index in [1.807, 2.05) is 18.2 Å². The van der Waals surface area contributed by atoms with Crippen molar-refractivity contribution in [3.8, 4) is 11.4 Å². The van der Waals surface area contributed by atoms with Crippen molar-refractivity contribution in [2.75, 3.05) is 0 Å². The summed E-state index contributed by atoms with van der Waals surface area (Å²) in [5.74, 6) is -0.833. The summed E-state index contributed by atoms with van der Waals surface area (Å²) < 4.78 is 7.61. The zero-order valence-electron chi connectivity index (χ0n) is 9.79. The Bertz CT molecular complexity index is 485. The molecule has 0 bridgehead atoms. The third-order valence-electron chi connectivity index (χ3n) is 1.51. The third kappa shape index (κ3) is 4.32. The van der Waals surface area contributed by atoms with Gasteiger partial charge in [0.2, 0.25) is 0 Å². The van der Waals surface area contributed by atoms with Crippen LogP contribution in [0.1, 0.15) is 8.29 Å². The molecule has 4 nitrogen and oxygen atoms in total. The fraction of sp³-hybridized carbons (Fsp3) is 0.0833. The van der Waals surface area contributed by atoms with Gasteiger partial charge in [-0.1, -0.05) is 12.1 Å². The van der Waals surface area contributed by atoms with E-state index < -0.39 is 5.97 Å². The second kappa shape index (κ2) is 6.29. The standard InChI is InChI=1S/C10H8N2.C2H4O2/c1-3-7-11-9(5-1)10-6-2-4-8-12-10;1-2(3)4/h1-8H;1H3,(H,3,4)/i5D;. The number of carbonyl (C=O) groups is 1. The topological polar surface area (TPSA) is 63.1 Å². The van der Waals surface area contributed by atoms with E-state index in [1.54, 1.807) is 24.5 Å². The Kier molecular flexibility index (Phi) is 4.05. The minimum Gasteiger partial charge on any atom is -0.481 e. The molecule has 2 heterocycles. The van der Waals surface area contributed by atoms with Crippen molar-refractivity contribution in [1.82, 2.24) is 9.97 Å². The van der Waals surface area contributed by atoms with Gasteiger partial charge in [0.15, 0.2) is 0 Å². The predicted octanol–water partition coefficient (Wildman–Crippen LogP) is 2.23. The van der Waals surface area contributed by atoms with E-state index in [0.717, 1.165) is 12.6 Å². The molecule has 0 saturated carbocycles. The van der Waals surface area contributed by atoms with Crippen LogP contribution in [0.2, 0.25) is 0 Å². The van der Waals surface area contributed by atoms with Crippen LogP contribution >= 0.6 is 0 Å². The molecule has 0 aliphatic rings. The molecule has 0 saturated heterocycles. The van der Waals surface area contributed by atoms with Crippen molar-refractivity contribution in [2.24, 2.45) is 0 Å². The van der Waals surface area contributed by atoms with Crippen LogP contribution in [-0.4, -0.2) is 21.0 Å². The molecule has 0 atom stereocenters. The van der Waals surface area contributed by atoms with Gasteiger partial charge in [-0.15, -0.1) is 0 Å². The molecular weight excluding hydrogens is 204 g/mol. The highest BCUT2D eigenvalue weighted by atomic mass is 16.4. The van der Waals surface area contributed by atoms with Crippen LogP contribution in [0.5, 0.6) is 0 Å². The van der Waals surface area contributed by atoms with Crippen LogP contribution < -0.4 is 0 Å². The summed E-state index contributed by atoms with van der Waals surface area (Å²) in [6.07, 6.45) is 3.37. The summed E-state index contributed by atoms with van der Waals surface area (Å²) in [6.45, 7) is 1.08. The molecular formula is C12H12N2O2. The molecule has 1 N–H and O–H groups in total. The number of aliphatic carboxylic acids is 1. The minimum absolute atomic E-state index is 0.404. The number of pyridine rings is 2. The summed E-state index contributed by atoms with van der Waals surface area (Å²) in [4.78, 5) is 17.2. The number of carboxylic acid groups (broad SMARTS) is 1. The molecule has 2 aromatic heterocycles. The minimum atomic E-state index is -0.833. The van der Waals surface area contributed by atoms with Crippen molar-refractivity contribution >= 4 is 5.97 Å². The first-order valence-corrected chi connectivity index (χ1v) is 4.64. The Morgan fingerprint density at radius 3 is 2.25 bits per heavy atom. The van der Waals surface area contributed by atoms with Crippen molar-refractivity contribution in [3.05, 3.63) is 48.8 Å². The molecule has 0 amide bonds. The Hall–Kier alpha value is -2.23. The highest BCUT2D eigenvalue weighted by Crippen LogP contribution is 2.10. The largest absolute Gasteiger partial charge is 0.481 e. The van der Waals surface area contributed by atoms with E-state index in [9.17, 15) is 0 Å². The molecule has 0 aliphatic heterocycles. The van der Waals surface area contributed by atoms with E-state index in [2.05, 4.69) is 9.97 Å². The maximum atomic E-state index is 9.00. The molecule has 2 aromatic rings. The lowest BCUT2D eigenvalue weighted by atomic mass is 10.2. The second-order valence-electron chi connectivity index (χ2n) is 2.86. The van der Waals surface area contributed by atoms with Gasteiger partial charge < -0.3 is 5.11 Å². The summed E-state index contributed by atoms with van der Waals surface area (Å²) in [5, 5.41) is 7.42. The smallest absolute Gasteiger partial charge is 0.300 e. The lowest BCUT2D eigenvalue weighted by Gasteiger charge is -1.96. The molecule has 0 aliphatic carbocycles. The SMILES string of the molecule is CC(=O)O.[2H]c1cccnc1-c1ccccn1. The summed E-state index contributed by atoms with van der Waals surface area (Å²) in [5.41, 5.74) is 1.37. The fourth-order valence-corrected chi connectivity index (χ4v) is 0.968. The lowest BCUT2D eigenvalue weighted by molar-refractivity contribution is -0.134. The van der Waals surface area contributed by atoms with Crippen LogP contribution in [0, 0.1) is 0 Å². The van der Waals surface area contributed by atoms with Gasteiger partial charge in [0.25, 0.3) is 5.97 Å². The highest BCUT2D eigenvalue weighted by Gasteiger charge is 1.95. The first kappa shape index (κ1) is 10.3. The maximum absolute atomic E-state index is 9.00. The molecule has 82 valence electrons. The molecule has 0 radical (unpaired) electrons. The zero-order valence-corrected chi connectivity index (χ0v) is 8.79. The predicted molar refractivity (Wildman–Crippen MR) is 60.8 cm³/mol. The highest BCUT2D eigenvalue weighted by molar-refractivity contribution is 5.62. The van der Waals surface area contributed by atoms with Crippen molar-refractivity contribution in [1.29, 1.82) is 0 Å². The van der Waals surface area contributed by atoms with Crippen molar-refractivity contribution < 1.29 is 11.3 Å². The van der Waals surface area contributed by atoms with Gasteiger partial charge >= 0.3 is 0 Å². The number of hydrogen-bond acceptors (Lipinski definition) is 3. The van der Waals surface area contributed by atoms with Gasteiger partial charge in [-0.3, -0.25) is 14.8 Å². The Morgan fingerprint density at radius 2 is 1.75 bits per heavy atom. The van der Waals surface area contributed by atoms with Gasteiger partial charge in [0, 0.05) is 19.3 Å². The Labute approximate surface area is 95.0 Å². The molecule has 0 unspecified atom stereocenters. The first-order chi connectivity index (χ1) is 8.11. The molecule has 16 heavy (non-hydrogen) atoms. The third-order valence-corrected chi connectivity index (χ3v) is 1.51. The zero-order chi connectivity index (χ0) is 12.7. The monoisotopic (exact) mass is 217 g/mol. The van der Waals surface area contributed by atoms with Crippen molar-refractivity contribution in [2.45, 2.75) is 6.92 Å². The van der Waals surface area contributed by atoms with E-state index in [-0.39, 0.29) is 0 Å². The van der Waals surface area contributed by atoms with Crippen molar-refractivity contribution in [3.63, 3.8) is 0 Å². The van der Waals surface area contributed by atoms with Crippen LogP contribution in [-0.2, 0) is 4.79 Å². The number of carboxylic acids is 1. The molecule has 4 heteroatoms. The average Bonchev–Trinajstić information content (AvgIpc) is 2.30. The Morgan fingerprint density at radius 1 is 1.19 bits per heavy atom. The quantitative estimate of drug-likeness (QED) is 0.795. The van der Waals surface area contributed by atoms with E-state index in [1.165, 1.54) is 0 Å². The van der Waals surface area contributed by atoms with Gasteiger partial charge in [-0.2, -0.15) is 0 Å². The number of nitrogens with zero attached hydrogens (tertiary/aromatic N) is 2. The molecule has 2 rings (SSSR count). The Balaban J connectivity index is 0.000000317. The van der Waals surface area contributed by atoms with E-state index in [0.29, 0.717) is 11.7 Å². The number of aromatic nitrogens is 2. The number of hydrogen-bond donors (Lipinski definition) is 1. The lowest BCUT2D eigenvalue weighted by Crippen LogP contribution is -1.83. The van der Waals surface area contributed by atoms with Gasteiger partial charge in [0.1, 0.15) is 0 Å². The van der Waals surface area contributed by atoms with Crippen LogP contribution in [0.25, 0.3) is 11.4 Å². The van der Waals surface area contributed by atoms with Gasteiger partial charge in [-0.25, -0.2) is 0 Å². The first-order valence-electron chi connectivity index (χ1n) is 5.14. The fourth-order valence-electron chi connectivity index (χ4n) is 0.968. The van der Waals surface area contributed by atoms with Gasteiger partial charge in [0.05, 0.1) is 12.8 Å². The van der Waals surface area contributed by atoms with E-state index in [4.69, 9.17) is 11.3 Å². The van der Waals surface area contributed by atoms with Gasteiger partial charge in [-0.05, 0) is 24.2 Å². The van der Waals surface area contributed by atoms with E-state index >= 15 is 0 Å². The molecule has 0 spiro atoms. The summed E-state index contributed by atoms with van der Waals surface area (Å²) >= 11 is 0. The van der Waals surface area contributed by atoms with Crippen LogP contribution in [0.4, 0.5) is 0 Å². The van der Waals surface area contributed by atoms with Crippen LogP contribution in [0.3, 0.4) is 0 Å².